The molecular formula is C11H17N3O3. The van der Waals surface area contributed by atoms with Gasteiger partial charge in [0, 0.05) is 6.54 Å². The first kappa shape index (κ1) is 12.0. The molecule has 0 bridgehead atoms. The van der Waals surface area contributed by atoms with Crippen molar-refractivity contribution in [2.75, 3.05) is 26.7 Å². The summed E-state index contributed by atoms with van der Waals surface area (Å²) in [7, 11) is 2.09. The number of nitrogens with zero attached hydrogens (tertiary/aromatic N) is 2. The molecule has 4 amide bonds. The first-order chi connectivity index (χ1) is 8.08. The Morgan fingerprint density at radius 2 is 1.88 bits per heavy atom. The second kappa shape index (κ2) is 4.83. The number of rotatable bonds is 3. The highest BCUT2D eigenvalue weighted by Crippen LogP contribution is 2.20. The number of nitrogens with one attached hydrogen (secondary N) is 1. The fourth-order valence-corrected chi connectivity index (χ4v) is 2.30. The minimum Gasteiger partial charge on any atom is -0.306 e. The summed E-state index contributed by atoms with van der Waals surface area (Å²) < 4.78 is 0. The molecule has 1 N–H and O–H groups in total. The van der Waals surface area contributed by atoms with Gasteiger partial charge in [0.2, 0.25) is 0 Å². The van der Waals surface area contributed by atoms with Gasteiger partial charge < -0.3 is 4.90 Å². The monoisotopic (exact) mass is 239 g/mol. The molecule has 0 aliphatic carbocycles. The summed E-state index contributed by atoms with van der Waals surface area (Å²) in [6.45, 7) is 2.47. The first-order valence-corrected chi connectivity index (χ1v) is 5.93. The van der Waals surface area contributed by atoms with Gasteiger partial charge in [-0.15, -0.1) is 0 Å². The van der Waals surface area contributed by atoms with Crippen molar-refractivity contribution in [1.29, 1.82) is 0 Å². The molecule has 0 saturated carbocycles. The van der Waals surface area contributed by atoms with Crippen LogP contribution < -0.4 is 5.32 Å². The highest BCUT2D eigenvalue weighted by atomic mass is 16.2. The van der Waals surface area contributed by atoms with Gasteiger partial charge in [-0.3, -0.25) is 19.8 Å². The number of carbonyl (C=O) groups excluding carboxylic acids is 3. The summed E-state index contributed by atoms with van der Waals surface area (Å²) in [4.78, 5) is 36.9. The highest BCUT2D eigenvalue weighted by molar-refractivity contribution is 6.44. The molecule has 2 fully saturated rings. The Morgan fingerprint density at radius 3 is 2.41 bits per heavy atom. The lowest BCUT2D eigenvalue weighted by Gasteiger charge is -2.29. The van der Waals surface area contributed by atoms with E-state index in [-0.39, 0.29) is 0 Å². The lowest BCUT2D eigenvalue weighted by Crippen LogP contribution is -2.35. The summed E-state index contributed by atoms with van der Waals surface area (Å²) >= 11 is 0. The molecule has 94 valence electrons. The SMILES string of the molecule is CN1CCC(CCN2C(=O)NC(=O)C2=O)CC1. The minimum absolute atomic E-state index is 0.352. The number of carbonyl (C=O) groups is 3. The van der Waals surface area contributed by atoms with Crippen LogP contribution in [0, 0.1) is 5.92 Å². The normalized spacial score (nSPS) is 23.4. The molecular weight excluding hydrogens is 222 g/mol. The Morgan fingerprint density at radius 1 is 1.24 bits per heavy atom. The Kier molecular flexibility index (Phi) is 3.42. The van der Waals surface area contributed by atoms with E-state index >= 15 is 0 Å². The topological polar surface area (TPSA) is 69.7 Å². The summed E-state index contributed by atoms with van der Waals surface area (Å²) in [5.74, 6) is -0.983. The number of amides is 4. The smallest absolute Gasteiger partial charge is 0.306 e. The molecule has 2 aliphatic heterocycles. The van der Waals surface area contributed by atoms with Crippen LogP contribution in [0.5, 0.6) is 0 Å². The molecule has 2 aliphatic rings. The molecule has 0 aromatic heterocycles. The van der Waals surface area contributed by atoms with Gasteiger partial charge in [-0.05, 0) is 45.3 Å². The molecule has 17 heavy (non-hydrogen) atoms. The molecule has 0 radical (unpaired) electrons. The second-order valence-corrected chi connectivity index (χ2v) is 4.75. The van der Waals surface area contributed by atoms with Crippen LogP contribution in [0.3, 0.4) is 0 Å². The van der Waals surface area contributed by atoms with E-state index in [0.29, 0.717) is 12.5 Å². The molecule has 2 heterocycles. The molecule has 2 rings (SSSR count). The lowest BCUT2D eigenvalue weighted by molar-refractivity contribution is -0.140. The average Bonchev–Trinajstić information content (AvgIpc) is 2.54. The van der Waals surface area contributed by atoms with Gasteiger partial charge in [0.1, 0.15) is 0 Å². The Labute approximate surface area is 99.9 Å². The van der Waals surface area contributed by atoms with Crippen LogP contribution in [0.2, 0.25) is 0 Å². The van der Waals surface area contributed by atoms with E-state index in [1.807, 2.05) is 5.32 Å². The Hall–Kier alpha value is -1.43. The van der Waals surface area contributed by atoms with E-state index in [2.05, 4.69) is 11.9 Å². The predicted molar refractivity (Wildman–Crippen MR) is 60.1 cm³/mol. The van der Waals surface area contributed by atoms with Crippen molar-refractivity contribution in [1.82, 2.24) is 15.1 Å². The molecule has 2 saturated heterocycles. The molecule has 0 unspecified atom stereocenters. The van der Waals surface area contributed by atoms with Crippen LogP contribution in [-0.4, -0.2) is 54.3 Å². The molecule has 6 heteroatoms. The quantitative estimate of drug-likeness (QED) is 0.547. The fraction of sp³-hybridized carbons (Fsp3) is 0.727. The summed E-state index contributed by atoms with van der Waals surface area (Å²) in [6.07, 6.45) is 2.97. The van der Waals surface area contributed by atoms with Gasteiger partial charge in [0.15, 0.2) is 0 Å². The molecule has 0 aromatic rings. The minimum atomic E-state index is -0.807. The summed E-state index contributed by atoms with van der Waals surface area (Å²) in [6, 6.07) is -0.576. The predicted octanol–water partition coefficient (Wildman–Crippen LogP) is -0.203. The van der Waals surface area contributed by atoms with E-state index in [9.17, 15) is 14.4 Å². The van der Waals surface area contributed by atoms with Crippen LogP contribution in [0.25, 0.3) is 0 Å². The van der Waals surface area contributed by atoms with Gasteiger partial charge >= 0.3 is 17.8 Å². The van der Waals surface area contributed by atoms with Gasteiger partial charge in [-0.25, -0.2) is 4.79 Å². The number of piperidine rings is 1. The second-order valence-electron chi connectivity index (χ2n) is 4.75. The standard InChI is InChI=1S/C11H17N3O3/c1-13-5-2-8(3-6-13)4-7-14-10(16)9(15)12-11(14)17/h8H,2-7H2,1H3,(H,12,15,17). The summed E-state index contributed by atoms with van der Waals surface area (Å²) in [5, 5.41) is 2.00. The van der Waals surface area contributed by atoms with Crippen molar-refractivity contribution in [3.63, 3.8) is 0 Å². The van der Waals surface area contributed by atoms with Gasteiger partial charge in [-0.2, -0.15) is 0 Å². The van der Waals surface area contributed by atoms with Gasteiger partial charge in [0.05, 0.1) is 0 Å². The van der Waals surface area contributed by atoms with Crippen molar-refractivity contribution in [2.45, 2.75) is 19.3 Å². The number of imide groups is 2. The van der Waals surface area contributed by atoms with Crippen LogP contribution in [0.15, 0.2) is 0 Å². The Balaban J connectivity index is 1.80. The van der Waals surface area contributed by atoms with Crippen molar-refractivity contribution >= 4 is 17.8 Å². The Bertz CT molecular complexity index is 348. The molecule has 6 nitrogen and oxygen atoms in total. The van der Waals surface area contributed by atoms with E-state index in [1.54, 1.807) is 0 Å². The van der Waals surface area contributed by atoms with Crippen LogP contribution in [0.4, 0.5) is 4.79 Å². The fourth-order valence-electron chi connectivity index (χ4n) is 2.30. The number of likely N-dealkylation sites (tertiary alicyclic amines) is 1. The van der Waals surface area contributed by atoms with Crippen molar-refractivity contribution in [3.8, 4) is 0 Å². The molecule has 0 atom stereocenters. The zero-order valence-electron chi connectivity index (χ0n) is 9.94. The number of urea groups is 1. The van der Waals surface area contributed by atoms with Gasteiger partial charge in [-0.1, -0.05) is 0 Å². The third kappa shape index (κ3) is 2.63. The van der Waals surface area contributed by atoms with E-state index in [1.165, 1.54) is 0 Å². The zero-order chi connectivity index (χ0) is 12.4. The van der Waals surface area contributed by atoms with Crippen LogP contribution in [-0.2, 0) is 9.59 Å². The number of hydrogen-bond donors (Lipinski definition) is 1. The van der Waals surface area contributed by atoms with Crippen LogP contribution in [0.1, 0.15) is 19.3 Å². The van der Waals surface area contributed by atoms with Gasteiger partial charge in [0.25, 0.3) is 0 Å². The molecule has 0 spiro atoms. The van der Waals surface area contributed by atoms with Crippen molar-refractivity contribution in [2.24, 2.45) is 5.92 Å². The van der Waals surface area contributed by atoms with Crippen molar-refractivity contribution in [3.05, 3.63) is 0 Å². The maximum Gasteiger partial charge on any atom is 0.331 e. The molecule has 0 aromatic carbocycles. The third-order valence-corrected chi connectivity index (χ3v) is 3.50. The van der Waals surface area contributed by atoms with E-state index in [4.69, 9.17) is 0 Å². The van der Waals surface area contributed by atoms with E-state index in [0.717, 1.165) is 37.3 Å². The average molecular weight is 239 g/mol. The van der Waals surface area contributed by atoms with Crippen LogP contribution >= 0.6 is 0 Å². The maximum atomic E-state index is 11.3. The number of hydrogen-bond acceptors (Lipinski definition) is 4. The maximum absolute atomic E-state index is 11.3. The zero-order valence-corrected chi connectivity index (χ0v) is 9.94. The largest absolute Gasteiger partial charge is 0.331 e. The summed E-state index contributed by atoms with van der Waals surface area (Å²) in [5.41, 5.74) is 0. The lowest BCUT2D eigenvalue weighted by atomic mass is 9.94. The van der Waals surface area contributed by atoms with Crippen molar-refractivity contribution < 1.29 is 14.4 Å². The highest BCUT2D eigenvalue weighted by Gasteiger charge is 2.36. The third-order valence-electron chi connectivity index (χ3n) is 3.50. The van der Waals surface area contributed by atoms with E-state index < -0.39 is 17.8 Å². The first-order valence-electron chi connectivity index (χ1n) is 5.93.